The number of rotatable bonds is 3. The van der Waals surface area contributed by atoms with Gasteiger partial charge < -0.3 is 5.11 Å². The van der Waals surface area contributed by atoms with Crippen LogP contribution in [0.25, 0.3) is 17.2 Å². The highest BCUT2D eigenvalue weighted by Gasteiger charge is 2.37. The van der Waals surface area contributed by atoms with Gasteiger partial charge in [-0.3, -0.25) is 0 Å². The molecule has 0 unspecified atom stereocenters. The second kappa shape index (κ2) is 6.63. The summed E-state index contributed by atoms with van der Waals surface area (Å²) in [6.45, 7) is 11.1. The number of hydrogen-bond donors (Lipinski definition) is 1. The van der Waals surface area contributed by atoms with Crippen LogP contribution < -0.4 is 0 Å². The van der Waals surface area contributed by atoms with Crippen LogP contribution in [0.15, 0.2) is 36.4 Å². The molecule has 0 saturated heterocycles. The Bertz CT molecular complexity index is 936. The van der Waals surface area contributed by atoms with Crippen molar-refractivity contribution in [3.05, 3.63) is 64.5 Å². The molecule has 0 radical (unpaired) electrons. The van der Waals surface area contributed by atoms with E-state index in [-0.39, 0.29) is 16.6 Å². The summed E-state index contributed by atoms with van der Waals surface area (Å²) >= 11 is 0. The van der Waals surface area contributed by atoms with E-state index in [9.17, 15) is 9.18 Å². The first-order valence-corrected chi connectivity index (χ1v) is 9.38. The van der Waals surface area contributed by atoms with Gasteiger partial charge in [0.2, 0.25) is 0 Å². The van der Waals surface area contributed by atoms with Gasteiger partial charge in [-0.1, -0.05) is 39.8 Å². The number of carboxylic acid groups (broad SMARTS) is 1. The van der Waals surface area contributed by atoms with E-state index in [1.807, 2.05) is 6.92 Å². The Labute approximate surface area is 160 Å². The second-order valence-corrected chi connectivity index (χ2v) is 8.89. The zero-order valence-electron chi connectivity index (χ0n) is 16.7. The fourth-order valence-electron chi connectivity index (χ4n) is 4.03. The maximum Gasteiger partial charge on any atom is 0.328 e. The predicted octanol–water partition coefficient (Wildman–Crippen LogP) is 6.25. The van der Waals surface area contributed by atoms with E-state index in [1.54, 1.807) is 12.1 Å². The SMILES string of the molecule is Cc1cc2c(cc1-c1cc(C=CC(=O)O)ccc1F)C(C)(C)CCC2(C)C. The van der Waals surface area contributed by atoms with Gasteiger partial charge in [-0.15, -0.1) is 0 Å². The van der Waals surface area contributed by atoms with Crippen LogP contribution in [0.1, 0.15) is 62.8 Å². The Balaban J connectivity index is 2.19. The van der Waals surface area contributed by atoms with Gasteiger partial charge in [-0.2, -0.15) is 0 Å². The standard InChI is InChI=1S/C24H27FO2/c1-15-12-19-20(24(4,5)11-10-23(19,2)3)14-17(15)18-13-16(6-8-21(18)25)7-9-22(26)27/h6-9,12-14H,10-11H2,1-5H3,(H,26,27). The summed E-state index contributed by atoms with van der Waals surface area (Å²) in [7, 11) is 0. The maximum atomic E-state index is 14.7. The van der Waals surface area contributed by atoms with Crippen LogP contribution in [0.4, 0.5) is 4.39 Å². The van der Waals surface area contributed by atoms with E-state index in [2.05, 4.69) is 39.8 Å². The van der Waals surface area contributed by atoms with Crippen molar-refractivity contribution in [3.8, 4) is 11.1 Å². The normalized spacial score (nSPS) is 17.7. The van der Waals surface area contributed by atoms with Crippen molar-refractivity contribution in [2.45, 2.75) is 58.3 Å². The molecule has 0 aromatic heterocycles. The van der Waals surface area contributed by atoms with Gasteiger partial charge >= 0.3 is 5.97 Å². The molecule has 0 heterocycles. The summed E-state index contributed by atoms with van der Waals surface area (Å²) in [6.07, 6.45) is 4.80. The zero-order chi connectivity index (χ0) is 20.0. The summed E-state index contributed by atoms with van der Waals surface area (Å²) in [6, 6.07) is 9.09. The first-order chi connectivity index (χ1) is 12.5. The van der Waals surface area contributed by atoms with E-state index < -0.39 is 5.97 Å². The smallest absolute Gasteiger partial charge is 0.328 e. The van der Waals surface area contributed by atoms with Crippen LogP contribution in [0.2, 0.25) is 0 Å². The molecule has 3 heteroatoms. The average molecular weight is 366 g/mol. The van der Waals surface area contributed by atoms with E-state index in [1.165, 1.54) is 23.3 Å². The third-order valence-corrected chi connectivity index (χ3v) is 5.90. The van der Waals surface area contributed by atoms with Crippen molar-refractivity contribution in [2.24, 2.45) is 0 Å². The molecule has 2 aromatic rings. The molecular formula is C24H27FO2. The molecule has 0 aliphatic heterocycles. The van der Waals surface area contributed by atoms with E-state index in [0.29, 0.717) is 11.1 Å². The quantitative estimate of drug-likeness (QED) is 0.652. The van der Waals surface area contributed by atoms with Crippen LogP contribution in [-0.2, 0) is 15.6 Å². The molecule has 1 N–H and O–H groups in total. The molecule has 0 amide bonds. The van der Waals surface area contributed by atoms with Gasteiger partial charge in [0.25, 0.3) is 0 Å². The van der Waals surface area contributed by atoms with E-state index in [4.69, 9.17) is 5.11 Å². The highest BCUT2D eigenvalue weighted by atomic mass is 19.1. The van der Waals surface area contributed by atoms with Crippen molar-refractivity contribution in [2.75, 3.05) is 0 Å². The van der Waals surface area contributed by atoms with Crippen molar-refractivity contribution in [3.63, 3.8) is 0 Å². The monoisotopic (exact) mass is 366 g/mol. The number of aliphatic carboxylic acids is 1. The lowest BCUT2D eigenvalue weighted by atomic mass is 9.62. The minimum absolute atomic E-state index is 0.0462. The number of fused-ring (bicyclic) bond motifs is 1. The molecule has 142 valence electrons. The Morgan fingerprint density at radius 2 is 1.59 bits per heavy atom. The first kappa shape index (κ1) is 19.3. The van der Waals surface area contributed by atoms with Gasteiger partial charge in [0.1, 0.15) is 5.82 Å². The van der Waals surface area contributed by atoms with Gasteiger partial charge in [0.15, 0.2) is 0 Å². The molecule has 0 bridgehead atoms. The zero-order valence-corrected chi connectivity index (χ0v) is 16.7. The number of hydrogen-bond acceptors (Lipinski definition) is 1. The molecule has 2 nitrogen and oxygen atoms in total. The van der Waals surface area contributed by atoms with Crippen LogP contribution in [-0.4, -0.2) is 11.1 Å². The lowest BCUT2D eigenvalue weighted by Crippen LogP contribution is -2.34. The molecule has 27 heavy (non-hydrogen) atoms. The van der Waals surface area contributed by atoms with Crippen molar-refractivity contribution in [1.82, 2.24) is 0 Å². The topological polar surface area (TPSA) is 37.3 Å². The molecule has 3 rings (SSSR count). The molecule has 1 aliphatic carbocycles. The summed E-state index contributed by atoms with van der Waals surface area (Å²) in [5, 5.41) is 8.84. The predicted molar refractivity (Wildman–Crippen MR) is 109 cm³/mol. The Hall–Kier alpha value is -2.42. The Kier molecular flexibility index (Phi) is 4.75. The molecule has 0 spiro atoms. The molecular weight excluding hydrogens is 339 g/mol. The van der Waals surface area contributed by atoms with Gasteiger partial charge in [-0.25, -0.2) is 9.18 Å². The summed E-state index contributed by atoms with van der Waals surface area (Å²) < 4.78 is 14.7. The number of aryl methyl sites for hydroxylation is 1. The van der Waals surface area contributed by atoms with Gasteiger partial charge in [-0.05, 0) is 82.7 Å². The third-order valence-electron chi connectivity index (χ3n) is 5.90. The lowest BCUT2D eigenvalue weighted by molar-refractivity contribution is -0.131. The van der Waals surface area contributed by atoms with Gasteiger partial charge in [0, 0.05) is 11.6 Å². The minimum atomic E-state index is -1.02. The average Bonchev–Trinajstić information content (AvgIpc) is 2.58. The summed E-state index contributed by atoms with van der Waals surface area (Å²) in [4.78, 5) is 10.8. The summed E-state index contributed by atoms with van der Waals surface area (Å²) in [5.74, 6) is -1.31. The molecule has 0 fully saturated rings. The molecule has 0 saturated carbocycles. The molecule has 0 atom stereocenters. The van der Waals surface area contributed by atoms with Crippen LogP contribution in [0.3, 0.4) is 0 Å². The lowest BCUT2D eigenvalue weighted by Gasteiger charge is -2.42. The van der Waals surface area contributed by atoms with Crippen LogP contribution >= 0.6 is 0 Å². The molecule has 2 aromatic carbocycles. The first-order valence-electron chi connectivity index (χ1n) is 9.38. The van der Waals surface area contributed by atoms with Gasteiger partial charge in [0.05, 0.1) is 0 Å². The number of benzene rings is 2. The highest BCUT2D eigenvalue weighted by molar-refractivity contribution is 5.85. The van der Waals surface area contributed by atoms with Crippen molar-refractivity contribution in [1.29, 1.82) is 0 Å². The second-order valence-electron chi connectivity index (χ2n) is 8.89. The number of carboxylic acids is 1. The molecule has 1 aliphatic rings. The maximum absolute atomic E-state index is 14.7. The minimum Gasteiger partial charge on any atom is -0.478 e. The fourth-order valence-corrected chi connectivity index (χ4v) is 4.03. The van der Waals surface area contributed by atoms with E-state index in [0.717, 1.165) is 30.0 Å². The third kappa shape index (κ3) is 3.69. The Morgan fingerprint density at radius 1 is 1.00 bits per heavy atom. The van der Waals surface area contributed by atoms with Crippen molar-refractivity contribution < 1.29 is 14.3 Å². The number of halogens is 1. The van der Waals surface area contributed by atoms with Crippen LogP contribution in [0.5, 0.6) is 0 Å². The summed E-state index contributed by atoms with van der Waals surface area (Å²) in [5.41, 5.74) is 5.89. The highest BCUT2D eigenvalue weighted by Crippen LogP contribution is 2.47. The number of carbonyl (C=O) groups is 1. The largest absolute Gasteiger partial charge is 0.478 e. The Morgan fingerprint density at radius 3 is 2.19 bits per heavy atom. The fraction of sp³-hybridized carbons (Fsp3) is 0.375. The van der Waals surface area contributed by atoms with E-state index >= 15 is 0 Å². The van der Waals surface area contributed by atoms with Crippen LogP contribution in [0, 0.1) is 12.7 Å². The van der Waals surface area contributed by atoms with Crippen molar-refractivity contribution >= 4 is 12.0 Å².